The average molecular weight is 739 g/mol. The van der Waals surface area contributed by atoms with Gasteiger partial charge in [0, 0.05) is 83.0 Å². The first-order chi connectivity index (χ1) is 25.4. The van der Waals surface area contributed by atoms with E-state index in [9.17, 15) is 19.2 Å². The highest BCUT2D eigenvalue weighted by atomic mass is 19.1. The fraction of sp³-hybridized carbons (Fsp3) is 0.750. The molecule has 1 aliphatic carbocycles. The van der Waals surface area contributed by atoms with Crippen molar-refractivity contribution in [2.24, 2.45) is 11.8 Å². The number of hydrogen-bond donors (Lipinski definition) is 1. The van der Waals surface area contributed by atoms with Crippen molar-refractivity contribution >= 4 is 29.5 Å². The van der Waals surface area contributed by atoms with Crippen molar-refractivity contribution < 1.29 is 33.0 Å². The molecule has 5 fully saturated rings. The molecule has 0 bridgehead atoms. The van der Waals surface area contributed by atoms with Gasteiger partial charge in [0.1, 0.15) is 11.6 Å². The van der Waals surface area contributed by atoms with Gasteiger partial charge in [0.15, 0.2) is 5.82 Å². The molecule has 0 aromatic heterocycles. The molecule has 4 amide bonds. The highest BCUT2D eigenvalue weighted by Gasteiger charge is 2.41. The molecule has 0 spiro atoms. The first-order valence-corrected chi connectivity index (χ1v) is 20.2. The van der Waals surface area contributed by atoms with Crippen LogP contribution in [0.15, 0.2) is 12.1 Å². The summed E-state index contributed by atoms with van der Waals surface area (Å²) in [5.74, 6) is -0.352. The number of piperazine rings is 1. The van der Waals surface area contributed by atoms with Crippen LogP contribution in [-0.4, -0.2) is 133 Å². The van der Waals surface area contributed by atoms with Crippen molar-refractivity contribution in [1.82, 2.24) is 24.9 Å². The predicted molar refractivity (Wildman–Crippen MR) is 198 cm³/mol. The van der Waals surface area contributed by atoms with Crippen molar-refractivity contribution in [1.29, 1.82) is 0 Å². The third-order valence-corrected chi connectivity index (χ3v) is 12.3. The fourth-order valence-corrected chi connectivity index (χ4v) is 9.38. The number of halogens is 1. The van der Waals surface area contributed by atoms with E-state index in [2.05, 4.69) is 20.0 Å². The molecule has 1 aromatic carbocycles. The molecule has 1 unspecified atom stereocenters. The van der Waals surface area contributed by atoms with Crippen LogP contribution in [0.25, 0.3) is 0 Å². The van der Waals surface area contributed by atoms with E-state index < -0.39 is 17.6 Å². The number of fused-ring (bicyclic) bond motifs is 1. The van der Waals surface area contributed by atoms with Crippen molar-refractivity contribution in [3.8, 4) is 0 Å². The molecule has 1 saturated carbocycles. The maximum Gasteiger partial charge on any atom is 0.410 e. The van der Waals surface area contributed by atoms with Gasteiger partial charge in [0.05, 0.1) is 24.4 Å². The number of nitrogens with zero attached hydrogens (tertiary/aromatic N) is 5. The minimum absolute atomic E-state index is 0.0384. The number of benzene rings is 1. The molecule has 53 heavy (non-hydrogen) atoms. The van der Waals surface area contributed by atoms with Gasteiger partial charge in [-0.25, -0.2) is 9.18 Å². The molecule has 4 saturated heterocycles. The number of amides is 4. The van der Waals surface area contributed by atoms with E-state index in [0.717, 1.165) is 84.5 Å². The molecule has 6 aliphatic rings. The van der Waals surface area contributed by atoms with Crippen molar-refractivity contribution in [2.45, 2.75) is 115 Å². The van der Waals surface area contributed by atoms with E-state index in [1.165, 1.54) is 24.2 Å². The summed E-state index contributed by atoms with van der Waals surface area (Å²) < 4.78 is 28.1. The van der Waals surface area contributed by atoms with Crippen LogP contribution in [0.5, 0.6) is 0 Å². The van der Waals surface area contributed by atoms with E-state index in [4.69, 9.17) is 9.47 Å². The molecule has 2 atom stereocenters. The first-order valence-electron chi connectivity index (χ1n) is 20.2. The molecule has 5 aliphatic heterocycles. The Hall–Kier alpha value is -3.29. The lowest BCUT2D eigenvalue weighted by Crippen LogP contribution is -2.52. The van der Waals surface area contributed by atoms with Gasteiger partial charge < -0.3 is 34.0 Å². The highest BCUT2D eigenvalue weighted by molar-refractivity contribution is 6.05. The van der Waals surface area contributed by atoms with Gasteiger partial charge in [0.25, 0.3) is 5.91 Å². The molecule has 13 heteroatoms. The van der Waals surface area contributed by atoms with Crippen LogP contribution in [0.1, 0.15) is 101 Å². The molecule has 292 valence electrons. The van der Waals surface area contributed by atoms with Gasteiger partial charge in [-0.3, -0.25) is 19.7 Å². The first kappa shape index (κ1) is 38.0. The van der Waals surface area contributed by atoms with Gasteiger partial charge in [-0.2, -0.15) is 0 Å². The summed E-state index contributed by atoms with van der Waals surface area (Å²) in [5.41, 5.74) is 0.678. The number of likely N-dealkylation sites (tertiary alicyclic amines) is 1. The second-order valence-corrected chi connectivity index (χ2v) is 17.3. The predicted octanol–water partition coefficient (Wildman–Crippen LogP) is 4.40. The van der Waals surface area contributed by atoms with Gasteiger partial charge in [0.2, 0.25) is 11.8 Å². The molecule has 7 rings (SSSR count). The second-order valence-electron chi connectivity index (χ2n) is 17.3. The summed E-state index contributed by atoms with van der Waals surface area (Å²) in [4.78, 5) is 60.3. The lowest BCUT2D eigenvalue weighted by Gasteiger charge is -2.41. The van der Waals surface area contributed by atoms with Crippen LogP contribution in [0.3, 0.4) is 0 Å². The number of ether oxygens (including phenoxy) is 2. The molecule has 1 aromatic rings. The Morgan fingerprint density at radius 3 is 2.15 bits per heavy atom. The topological polar surface area (TPSA) is 115 Å². The van der Waals surface area contributed by atoms with Gasteiger partial charge in [-0.15, -0.1) is 0 Å². The van der Waals surface area contributed by atoms with E-state index >= 15 is 4.39 Å². The number of hydrogen-bond acceptors (Lipinski definition) is 9. The Balaban J connectivity index is 0.795. The van der Waals surface area contributed by atoms with Crippen LogP contribution in [0, 0.1) is 17.7 Å². The van der Waals surface area contributed by atoms with E-state index in [-0.39, 0.29) is 55.3 Å². The monoisotopic (exact) mass is 738 g/mol. The SMILES string of the molecule is CC(C)(C)OC(=O)N1CCC[C@H](CN2CCN(C[C@H]3CC[C@H](OC4CCN(c5ccc6c(c5F)CN(C5CCC(=O)NC5=O)C6=O)CC4)CC3)CC2)C1. The molecule has 12 nitrogen and oxygen atoms in total. The van der Waals surface area contributed by atoms with Gasteiger partial charge in [-0.1, -0.05) is 0 Å². The van der Waals surface area contributed by atoms with Crippen molar-refractivity contribution in [3.63, 3.8) is 0 Å². The Bertz CT molecular complexity index is 1510. The second kappa shape index (κ2) is 16.2. The quantitative estimate of drug-likeness (QED) is 0.388. The number of piperidine rings is 3. The third-order valence-electron chi connectivity index (χ3n) is 12.3. The van der Waals surface area contributed by atoms with Crippen molar-refractivity contribution in [3.05, 3.63) is 29.1 Å². The fourth-order valence-electron chi connectivity index (χ4n) is 9.38. The van der Waals surface area contributed by atoms with Gasteiger partial charge >= 0.3 is 6.09 Å². The number of imide groups is 1. The third kappa shape index (κ3) is 9.16. The van der Waals surface area contributed by atoms with Crippen LogP contribution in [0.2, 0.25) is 0 Å². The number of carbonyl (C=O) groups is 4. The van der Waals surface area contributed by atoms with Crippen LogP contribution < -0.4 is 10.2 Å². The molecular formula is C40H59FN6O6. The van der Waals surface area contributed by atoms with E-state index in [1.54, 1.807) is 12.1 Å². The number of anilines is 1. The van der Waals surface area contributed by atoms with E-state index in [0.29, 0.717) is 41.7 Å². The average Bonchev–Trinajstić information content (AvgIpc) is 3.46. The zero-order valence-corrected chi connectivity index (χ0v) is 32.0. The minimum atomic E-state index is -0.756. The van der Waals surface area contributed by atoms with Gasteiger partial charge in [-0.05, 0) is 103 Å². The maximum absolute atomic E-state index is 15.9. The lowest BCUT2D eigenvalue weighted by atomic mass is 9.86. The summed E-state index contributed by atoms with van der Waals surface area (Å²) in [6.07, 6.45) is 9.18. The normalized spacial score (nSPS) is 28.3. The van der Waals surface area contributed by atoms with Crippen LogP contribution >= 0.6 is 0 Å². The maximum atomic E-state index is 15.9. The Labute approximate surface area is 313 Å². The summed E-state index contributed by atoms with van der Waals surface area (Å²) in [5, 5.41) is 2.30. The van der Waals surface area contributed by atoms with Crippen LogP contribution in [0.4, 0.5) is 14.9 Å². The van der Waals surface area contributed by atoms with Crippen LogP contribution in [-0.2, 0) is 25.6 Å². The zero-order chi connectivity index (χ0) is 37.3. The molecule has 1 N–H and O–H groups in total. The zero-order valence-electron chi connectivity index (χ0n) is 32.0. The smallest absolute Gasteiger partial charge is 0.410 e. The summed E-state index contributed by atoms with van der Waals surface area (Å²) >= 11 is 0. The highest BCUT2D eigenvalue weighted by Crippen LogP contribution is 2.36. The molecular weight excluding hydrogens is 679 g/mol. The molecule has 5 heterocycles. The summed E-state index contributed by atoms with van der Waals surface area (Å²) in [6.45, 7) is 15.4. The van der Waals surface area contributed by atoms with Crippen molar-refractivity contribution in [2.75, 3.05) is 70.3 Å². The summed E-state index contributed by atoms with van der Waals surface area (Å²) in [6, 6.07) is 2.62. The number of rotatable bonds is 8. The molecule has 0 radical (unpaired) electrons. The Kier molecular flexibility index (Phi) is 11.6. The number of nitrogens with one attached hydrogen (secondary N) is 1. The minimum Gasteiger partial charge on any atom is -0.444 e. The Morgan fingerprint density at radius 1 is 0.830 bits per heavy atom. The number of carbonyl (C=O) groups excluding carboxylic acids is 4. The van der Waals surface area contributed by atoms with E-state index in [1.807, 2.05) is 25.7 Å². The largest absolute Gasteiger partial charge is 0.444 e. The Morgan fingerprint density at radius 2 is 1.49 bits per heavy atom. The standard InChI is InChI=1S/C40H59FN6O6/c1-40(2,3)53-39(51)46-16-4-5-28(25-46)24-44-21-19-43(20-22-44)23-27-6-8-29(9-7-27)52-30-14-17-45(18-15-30)33-11-10-31-32(36(33)41)26-47(38(31)50)34-12-13-35(48)42-37(34)49/h10-11,27-30,34H,4-9,12-26H2,1-3H3,(H,42,48,49)/t27-,28-,29-,34?/m1/s1. The lowest BCUT2D eigenvalue weighted by molar-refractivity contribution is -0.136. The summed E-state index contributed by atoms with van der Waals surface area (Å²) in [7, 11) is 0.